The number of hydrogen-bond acceptors (Lipinski definition) is 7. The fraction of sp³-hybridized carbons (Fsp3) is 0.500. The van der Waals surface area contributed by atoms with Gasteiger partial charge in [-0.05, 0) is 31.7 Å². The van der Waals surface area contributed by atoms with Gasteiger partial charge in [0.15, 0.2) is 5.65 Å². The first-order valence-electron chi connectivity index (χ1n) is 9.24. The quantitative estimate of drug-likeness (QED) is 0.771. The number of nitrogens with one attached hydrogen (secondary N) is 1. The van der Waals surface area contributed by atoms with Crippen LogP contribution in [0.4, 0.5) is 11.6 Å². The third-order valence-electron chi connectivity index (χ3n) is 5.50. The van der Waals surface area contributed by atoms with E-state index in [2.05, 4.69) is 42.0 Å². The van der Waals surface area contributed by atoms with E-state index in [1.165, 1.54) is 12.8 Å². The lowest BCUT2D eigenvalue weighted by molar-refractivity contribution is 0.478. The Labute approximate surface area is 151 Å². The van der Waals surface area contributed by atoms with Crippen molar-refractivity contribution in [3.05, 3.63) is 30.6 Å². The van der Waals surface area contributed by atoms with Gasteiger partial charge in [-0.15, -0.1) is 0 Å². The number of aromatic amines is 1. The number of H-pyrrole nitrogens is 1. The van der Waals surface area contributed by atoms with Gasteiger partial charge in [-0.2, -0.15) is 5.10 Å². The van der Waals surface area contributed by atoms with Gasteiger partial charge >= 0.3 is 0 Å². The highest BCUT2D eigenvalue weighted by Gasteiger charge is 2.29. The van der Waals surface area contributed by atoms with E-state index in [4.69, 9.17) is 4.98 Å². The van der Waals surface area contributed by atoms with E-state index in [0.29, 0.717) is 12.0 Å². The van der Waals surface area contributed by atoms with Crippen LogP contribution in [0.1, 0.15) is 37.4 Å². The number of aromatic nitrogens is 6. The topological polar surface area (TPSA) is 86.7 Å². The van der Waals surface area contributed by atoms with Crippen LogP contribution >= 0.6 is 0 Å². The molecule has 5 rings (SSSR count). The molecule has 0 radical (unpaired) electrons. The lowest BCUT2D eigenvalue weighted by Crippen LogP contribution is -2.44. The Morgan fingerprint density at radius 3 is 2.77 bits per heavy atom. The second-order valence-electron chi connectivity index (χ2n) is 7.21. The van der Waals surface area contributed by atoms with E-state index < -0.39 is 0 Å². The molecular weight excluding hydrogens is 328 g/mol. The maximum atomic E-state index is 4.79. The maximum absolute atomic E-state index is 4.79. The molecule has 1 aliphatic carbocycles. The van der Waals surface area contributed by atoms with E-state index in [9.17, 15) is 0 Å². The fourth-order valence-corrected chi connectivity index (χ4v) is 3.75. The fourth-order valence-electron chi connectivity index (χ4n) is 3.75. The van der Waals surface area contributed by atoms with E-state index in [1.54, 1.807) is 6.33 Å². The molecule has 2 aliphatic rings. The molecule has 0 atom stereocenters. The molecule has 0 aromatic carbocycles. The molecule has 0 amide bonds. The average Bonchev–Trinajstić information content (AvgIpc) is 3.44. The number of anilines is 2. The van der Waals surface area contributed by atoms with Crippen molar-refractivity contribution in [1.82, 2.24) is 30.1 Å². The normalized spacial score (nSPS) is 18.4. The number of piperidine rings is 1. The lowest BCUT2D eigenvalue weighted by Gasteiger charge is -2.37. The van der Waals surface area contributed by atoms with Gasteiger partial charge in [-0.1, -0.05) is 0 Å². The summed E-state index contributed by atoms with van der Waals surface area (Å²) in [5.41, 5.74) is 0.794. The van der Waals surface area contributed by atoms with Crippen LogP contribution in [0.15, 0.2) is 24.8 Å². The molecule has 0 bridgehead atoms. The van der Waals surface area contributed by atoms with E-state index >= 15 is 0 Å². The number of fused-ring (bicyclic) bond motifs is 1. The predicted octanol–water partition coefficient (Wildman–Crippen LogP) is 2.13. The highest BCUT2D eigenvalue weighted by Crippen LogP contribution is 2.38. The first kappa shape index (κ1) is 15.5. The van der Waals surface area contributed by atoms with Crippen molar-refractivity contribution >= 4 is 22.7 Å². The molecule has 8 heteroatoms. The zero-order chi connectivity index (χ0) is 17.5. The van der Waals surface area contributed by atoms with Crippen molar-refractivity contribution in [2.24, 2.45) is 0 Å². The summed E-state index contributed by atoms with van der Waals surface area (Å²) in [5, 5.41) is 8.00. The summed E-state index contributed by atoms with van der Waals surface area (Å²) in [6.45, 7) is 1.93. The molecule has 134 valence electrons. The van der Waals surface area contributed by atoms with Gasteiger partial charge in [0.1, 0.15) is 23.8 Å². The van der Waals surface area contributed by atoms with Crippen LogP contribution in [0.3, 0.4) is 0 Å². The minimum atomic E-state index is 0.481. The summed E-state index contributed by atoms with van der Waals surface area (Å²) >= 11 is 0. The second kappa shape index (κ2) is 6.19. The summed E-state index contributed by atoms with van der Waals surface area (Å²) < 4.78 is 0. The Morgan fingerprint density at radius 1 is 1.12 bits per heavy atom. The van der Waals surface area contributed by atoms with Crippen LogP contribution in [-0.2, 0) is 0 Å². The van der Waals surface area contributed by atoms with Crippen molar-refractivity contribution in [3.63, 3.8) is 0 Å². The van der Waals surface area contributed by atoms with Crippen LogP contribution in [0.25, 0.3) is 11.0 Å². The van der Waals surface area contributed by atoms with Gasteiger partial charge in [0.2, 0.25) is 0 Å². The zero-order valence-electron chi connectivity index (χ0n) is 14.8. The third-order valence-corrected chi connectivity index (χ3v) is 5.50. The monoisotopic (exact) mass is 350 g/mol. The van der Waals surface area contributed by atoms with Crippen LogP contribution in [0, 0.1) is 0 Å². The lowest BCUT2D eigenvalue weighted by atomic mass is 10.0. The SMILES string of the molecule is CN(c1ccnc(C2CC2)n1)C1CCN(c2ncnc3[nH]ncc23)CC1. The highest BCUT2D eigenvalue weighted by molar-refractivity contribution is 5.86. The third kappa shape index (κ3) is 2.75. The maximum Gasteiger partial charge on any atom is 0.160 e. The molecule has 1 saturated heterocycles. The molecule has 0 unspecified atom stereocenters. The van der Waals surface area contributed by atoms with Gasteiger partial charge < -0.3 is 9.80 Å². The first-order valence-corrected chi connectivity index (χ1v) is 9.24. The summed E-state index contributed by atoms with van der Waals surface area (Å²) in [6.07, 6.45) is 9.92. The summed E-state index contributed by atoms with van der Waals surface area (Å²) in [5.74, 6) is 3.61. The zero-order valence-corrected chi connectivity index (χ0v) is 14.8. The predicted molar refractivity (Wildman–Crippen MR) is 99.3 cm³/mol. The van der Waals surface area contributed by atoms with Gasteiger partial charge in [-0.25, -0.2) is 19.9 Å². The minimum absolute atomic E-state index is 0.481. The number of nitrogens with zero attached hydrogens (tertiary/aromatic N) is 7. The molecule has 8 nitrogen and oxygen atoms in total. The molecule has 1 saturated carbocycles. The molecule has 1 aliphatic heterocycles. The molecule has 3 aromatic rings. The summed E-state index contributed by atoms with van der Waals surface area (Å²) in [7, 11) is 2.15. The van der Waals surface area contributed by atoms with Crippen LogP contribution in [0.5, 0.6) is 0 Å². The van der Waals surface area contributed by atoms with Crippen molar-refractivity contribution in [2.45, 2.75) is 37.6 Å². The summed E-state index contributed by atoms with van der Waals surface area (Å²) in [6, 6.07) is 2.51. The Bertz CT molecular complexity index is 910. The van der Waals surface area contributed by atoms with Crippen molar-refractivity contribution in [2.75, 3.05) is 29.9 Å². The number of hydrogen-bond donors (Lipinski definition) is 1. The Hall–Kier alpha value is -2.77. The molecular formula is C18H22N8. The first-order chi connectivity index (χ1) is 12.8. The Balaban J connectivity index is 1.29. The van der Waals surface area contributed by atoms with E-state index in [-0.39, 0.29) is 0 Å². The second-order valence-corrected chi connectivity index (χ2v) is 7.21. The van der Waals surface area contributed by atoms with E-state index in [1.807, 2.05) is 18.5 Å². The Kier molecular flexibility index (Phi) is 3.69. The smallest absolute Gasteiger partial charge is 0.160 e. The number of rotatable bonds is 4. The van der Waals surface area contributed by atoms with Crippen molar-refractivity contribution in [3.8, 4) is 0 Å². The molecule has 3 aromatic heterocycles. The molecule has 1 N–H and O–H groups in total. The Morgan fingerprint density at radius 2 is 1.96 bits per heavy atom. The molecule has 26 heavy (non-hydrogen) atoms. The van der Waals surface area contributed by atoms with E-state index in [0.717, 1.165) is 54.4 Å². The minimum Gasteiger partial charge on any atom is -0.356 e. The largest absolute Gasteiger partial charge is 0.356 e. The molecule has 4 heterocycles. The molecule has 2 fully saturated rings. The van der Waals surface area contributed by atoms with Crippen molar-refractivity contribution < 1.29 is 0 Å². The van der Waals surface area contributed by atoms with Crippen LogP contribution in [0.2, 0.25) is 0 Å². The van der Waals surface area contributed by atoms with Gasteiger partial charge in [-0.3, -0.25) is 5.10 Å². The summed E-state index contributed by atoms with van der Waals surface area (Å²) in [4.78, 5) is 22.6. The average molecular weight is 350 g/mol. The van der Waals surface area contributed by atoms with Gasteiger partial charge in [0.05, 0.1) is 11.6 Å². The van der Waals surface area contributed by atoms with Crippen molar-refractivity contribution in [1.29, 1.82) is 0 Å². The van der Waals surface area contributed by atoms with Gasteiger partial charge in [0, 0.05) is 38.3 Å². The van der Waals surface area contributed by atoms with Gasteiger partial charge in [0.25, 0.3) is 0 Å². The van der Waals surface area contributed by atoms with Crippen LogP contribution < -0.4 is 9.80 Å². The standard InChI is InChI=1S/C18H22N8/c1-25(15-4-7-19-16(23-15)12-2-3-12)13-5-8-26(9-6-13)18-14-10-22-24-17(14)20-11-21-18/h4,7,10-13H,2-3,5-6,8-9H2,1H3,(H,20,21,22,24). The molecule has 0 spiro atoms. The van der Waals surface area contributed by atoms with Crippen LogP contribution in [-0.4, -0.2) is 56.3 Å². The highest BCUT2D eigenvalue weighted by atomic mass is 15.3.